The van der Waals surface area contributed by atoms with E-state index < -0.39 is 129 Å². The monoisotopic (exact) mass is 711 g/mol. The van der Waals surface area contributed by atoms with Crippen LogP contribution in [0.2, 0.25) is 0 Å². The fraction of sp³-hybridized carbons (Fsp3) is 0.893. The zero-order valence-corrected chi connectivity index (χ0v) is 27.7. The summed E-state index contributed by atoms with van der Waals surface area (Å²) < 4.78 is 34.8. The summed E-state index contributed by atoms with van der Waals surface area (Å²) in [4.78, 5) is 29.0. The van der Waals surface area contributed by atoms with Gasteiger partial charge in [0.15, 0.2) is 18.5 Å². The van der Waals surface area contributed by atoms with Gasteiger partial charge in [0, 0.05) is 20.6 Å². The van der Waals surface area contributed by atoms with E-state index in [-0.39, 0.29) is 18.9 Å². The van der Waals surface area contributed by atoms with E-state index >= 15 is 0 Å². The molecule has 3 saturated heterocycles. The maximum Gasteiger partial charge on any atom is 0.237 e. The number of nitrogens with one attached hydrogen (secondary N) is 2. The largest absolute Gasteiger partial charge is 0.394 e. The van der Waals surface area contributed by atoms with E-state index in [4.69, 9.17) is 51.4 Å². The molecule has 3 heterocycles. The number of nitrogens with two attached hydrogens (primary N) is 4. The third-order valence-electron chi connectivity index (χ3n) is 8.74. The van der Waals surface area contributed by atoms with Crippen LogP contribution in [0.5, 0.6) is 0 Å². The number of methoxy groups -OCH3 is 1. The van der Waals surface area contributed by atoms with E-state index in [0.717, 1.165) is 0 Å². The number of hydrogen-bond donors (Lipinski definition) is 12. The first-order chi connectivity index (χ1) is 23.2. The highest BCUT2D eigenvalue weighted by atomic mass is 16.7. The topological polar surface area (TPSA) is 351 Å². The molecule has 0 aromatic heterocycles. The normalized spacial score (nSPS) is 40.3. The van der Waals surface area contributed by atoms with Crippen LogP contribution in [-0.4, -0.2) is 180 Å². The Morgan fingerprint density at radius 3 is 1.92 bits per heavy atom. The van der Waals surface area contributed by atoms with Crippen molar-refractivity contribution in [1.29, 1.82) is 0 Å². The van der Waals surface area contributed by atoms with Gasteiger partial charge in [0.05, 0.1) is 44.1 Å². The average molecular weight is 712 g/mol. The van der Waals surface area contributed by atoms with Crippen LogP contribution in [-0.2, 0) is 38.0 Å². The van der Waals surface area contributed by atoms with Crippen LogP contribution in [0.15, 0.2) is 4.99 Å². The molecular weight excluding hydrogens is 658 g/mol. The first-order valence-electron chi connectivity index (χ1n) is 16.0. The number of guanidine groups is 1. The van der Waals surface area contributed by atoms with E-state index in [1.165, 1.54) is 14.0 Å². The van der Waals surface area contributed by atoms with E-state index in [2.05, 4.69) is 15.6 Å². The van der Waals surface area contributed by atoms with Crippen molar-refractivity contribution in [1.82, 2.24) is 10.6 Å². The van der Waals surface area contributed by atoms with Crippen molar-refractivity contribution >= 4 is 17.8 Å². The Morgan fingerprint density at radius 2 is 1.37 bits per heavy atom. The van der Waals surface area contributed by atoms with Crippen molar-refractivity contribution in [3.05, 3.63) is 0 Å². The summed E-state index contributed by atoms with van der Waals surface area (Å²) in [6.45, 7) is 1.03. The predicted octanol–water partition coefficient (Wildman–Crippen LogP) is -7.23. The molecule has 3 aliphatic rings. The van der Waals surface area contributed by atoms with Gasteiger partial charge >= 0.3 is 0 Å². The summed E-state index contributed by atoms with van der Waals surface area (Å²) in [5.74, 6) is -1.37. The number of rotatable bonds is 15. The van der Waals surface area contributed by atoms with Crippen molar-refractivity contribution < 1.29 is 68.6 Å². The molecule has 21 heteroatoms. The fourth-order valence-electron chi connectivity index (χ4n) is 6.13. The molecule has 2 amide bonds. The summed E-state index contributed by atoms with van der Waals surface area (Å²) in [6, 6.07) is -4.88. The van der Waals surface area contributed by atoms with E-state index in [0.29, 0.717) is 6.42 Å². The number of carbonyl (C=O) groups excluding carboxylic acids is 2. The van der Waals surface area contributed by atoms with Crippen molar-refractivity contribution in [2.45, 2.75) is 124 Å². The Bertz CT molecular complexity index is 1090. The number of amides is 2. The zero-order chi connectivity index (χ0) is 36.6. The first-order valence-corrected chi connectivity index (χ1v) is 16.0. The Morgan fingerprint density at radius 1 is 0.837 bits per heavy atom. The second kappa shape index (κ2) is 18.8. The lowest BCUT2D eigenvalue weighted by Gasteiger charge is -2.50. The van der Waals surface area contributed by atoms with Gasteiger partial charge in [0.25, 0.3) is 0 Å². The third-order valence-corrected chi connectivity index (χ3v) is 8.74. The Balaban J connectivity index is 1.91. The average Bonchev–Trinajstić information content (AvgIpc) is 3.06. The van der Waals surface area contributed by atoms with Crippen LogP contribution >= 0.6 is 0 Å². The summed E-state index contributed by atoms with van der Waals surface area (Å²) >= 11 is 0. The molecule has 16 N–H and O–H groups in total. The molecule has 49 heavy (non-hydrogen) atoms. The van der Waals surface area contributed by atoms with Gasteiger partial charge in [-0.15, -0.1) is 0 Å². The van der Waals surface area contributed by atoms with Gasteiger partial charge in [-0.2, -0.15) is 0 Å². The number of aliphatic hydroxyl groups is 6. The quantitative estimate of drug-likeness (QED) is 0.0426. The summed E-state index contributed by atoms with van der Waals surface area (Å²) in [6.07, 6.45) is -15.5. The highest BCUT2D eigenvalue weighted by Gasteiger charge is 2.54. The second-order valence-corrected chi connectivity index (χ2v) is 12.3. The van der Waals surface area contributed by atoms with Crippen LogP contribution in [0.4, 0.5) is 0 Å². The van der Waals surface area contributed by atoms with E-state index in [1.54, 1.807) is 6.92 Å². The van der Waals surface area contributed by atoms with Gasteiger partial charge in [-0.1, -0.05) is 0 Å². The smallest absolute Gasteiger partial charge is 0.237 e. The highest BCUT2D eigenvalue weighted by molar-refractivity contribution is 5.81. The minimum absolute atomic E-state index is 0.126. The fourth-order valence-corrected chi connectivity index (χ4v) is 6.13. The standard InChI is InChI=1S/C28H53N7O14/c1-10-17(34-11(2)39)20(41)23(14(8-37)45-10)49-27-18(35-25(43)12(29)5-4-6-33-28(31)32)21(42)24(15(9-38)47-27)48-26-16(30)19(40)22(44-3)13(7-36)46-26/h10,12-24,26-27,36-38,40-42H,4-9,29-30H2,1-3H3,(H,34,39)(H,35,43)(H4,31,32,33)/t10?,12-,13?,14?,15?,16?,17?,18?,19?,20?,21?,22?,23?,24?,26?,27?/m0/s1. The lowest BCUT2D eigenvalue weighted by Crippen LogP contribution is -2.71. The molecule has 21 nitrogen and oxygen atoms in total. The van der Waals surface area contributed by atoms with E-state index in [9.17, 15) is 40.2 Å². The number of hydrogen-bond acceptors (Lipinski definition) is 17. The summed E-state index contributed by atoms with van der Waals surface area (Å²) in [5, 5.41) is 69.0. The maximum absolute atomic E-state index is 13.3. The second-order valence-electron chi connectivity index (χ2n) is 12.3. The first kappa shape index (κ1) is 41.1. The molecule has 3 rings (SSSR count). The Labute approximate surface area is 283 Å². The molecule has 3 fully saturated rings. The predicted molar refractivity (Wildman–Crippen MR) is 167 cm³/mol. The van der Waals surface area contributed by atoms with Crippen molar-refractivity contribution in [2.24, 2.45) is 27.9 Å². The van der Waals surface area contributed by atoms with Gasteiger partial charge in [0.2, 0.25) is 11.8 Å². The van der Waals surface area contributed by atoms with Crippen molar-refractivity contribution in [3.8, 4) is 0 Å². The number of nitrogens with zero attached hydrogens (tertiary/aromatic N) is 1. The molecule has 0 bridgehead atoms. The lowest BCUT2D eigenvalue weighted by molar-refractivity contribution is -0.346. The lowest BCUT2D eigenvalue weighted by atomic mass is 9.92. The molecule has 0 spiro atoms. The minimum Gasteiger partial charge on any atom is -0.394 e. The number of aliphatic hydroxyl groups excluding tert-OH is 6. The Hall–Kier alpha value is -2.35. The molecule has 0 aromatic carbocycles. The minimum atomic E-state index is -1.76. The number of aliphatic imine (C=N–C) groups is 1. The molecular formula is C28H53N7O14. The van der Waals surface area contributed by atoms with Crippen LogP contribution < -0.4 is 33.6 Å². The summed E-state index contributed by atoms with van der Waals surface area (Å²) in [5.41, 5.74) is 22.9. The molecule has 15 unspecified atom stereocenters. The van der Waals surface area contributed by atoms with Gasteiger partial charge < -0.3 is 92.6 Å². The Kier molecular flexibility index (Phi) is 15.7. The molecule has 3 aliphatic heterocycles. The van der Waals surface area contributed by atoms with Crippen LogP contribution in [0.25, 0.3) is 0 Å². The van der Waals surface area contributed by atoms with Crippen LogP contribution in [0, 0.1) is 0 Å². The maximum atomic E-state index is 13.3. The van der Waals surface area contributed by atoms with E-state index in [1.807, 2.05) is 0 Å². The third kappa shape index (κ3) is 10.1. The highest BCUT2D eigenvalue weighted by Crippen LogP contribution is 2.32. The SMILES string of the molecule is COC1C(CO)OC(OC2C(CO)OC(OC3C(CO)OC(C)C(NC(C)=O)C3O)C(NC(=O)[C@@H](N)CCCN=C(N)N)C2O)C(N)C1O. The molecule has 16 atom stereocenters. The molecule has 0 aromatic rings. The molecule has 284 valence electrons. The number of ether oxygens (including phenoxy) is 6. The van der Waals surface area contributed by atoms with Crippen LogP contribution in [0.3, 0.4) is 0 Å². The molecule has 0 aliphatic carbocycles. The van der Waals surface area contributed by atoms with Gasteiger partial charge in [-0.3, -0.25) is 14.6 Å². The summed E-state index contributed by atoms with van der Waals surface area (Å²) in [7, 11) is 1.29. The number of carbonyl (C=O) groups is 2. The van der Waals surface area contributed by atoms with Gasteiger partial charge in [-0.25, -0.2) is 0 Å². The molecule has 0 radical (unpaired) electrons. The zero-order valence-electron chi connectivity index (χ0n) is 27.7. The van der Waals surface area contributed by atoms with Crippen molar-refractivity contribution in [3.63, 3.8) is 0 Å². The van der Waals surface area contributed by atoms with Gasteiger partial charge in [-0.05, 0) is 19.8 Å². The van der Waals surface area contributed by atoms with Gasteiger partial charge in [0.1, 0.15) is 61.0 Å². The van der Waals surface area contributed by atoms with Crippen LogP contribution in [0.1, 0.15) is 26.7 Å². The van der Waals surface area contributed by atoms with Crippen molar-refractivity contribution in [2.75, 3.05) is 33.5 Å². The molecule has 0 saturated carbocycles.